The molecule has 3 N–H and O–H groups in total. The van der Waals surface area contributed by atoms with Gasteiger partial charge >= 0.3 is 6.18 Å². The SMILES string of the molecule is NS(=O)(=O)c1ccc(NCC2CCCN(Cc3cccs3)C2)cc1C(F)(F)F. The fraction of sp³-hybridized carbons (Fsp3) is 0.444. The Kier molecular flexibility index (Phi) is 6.33. The van der Waals surface area contributed by atoms with E-state index in [0.29, 0.717) is 12.5 Å². The number of rotatable bonds is 6. The Morgan fingerprint density at radius 2 is 2.07 bits per heavy atom. The molecule has 1 atom stereocenters. The molecule has 5 nitrogen and oxygen atoms in total. The molecule has 0 radical (unpaired) electrons. The number of anilines is 1. The lowest BCUT2D eigenvalue weighted by atomic mass is 9.97. The average Bonchev–Trinajstić information content (AvgIpc) is 3.11. The minimum absolute atomic E-state index is 0.232. The van der Waals surface area contributed by atoms with Crippen molar-refractivity contribution in [3.63, 3.8) is 0 Å². The second-order valence-corrected chi connectivity index (χ2v) is 9.52. The van der Waals surface area contributed by atoms with Crippen molar-refractivity contribution in [1.29, 1.82) is 0 Å². The van der Waals surface area contributed by atoms with E-state index in [-0.39, 0.29) is 5.69 Å². The predicted octanol–water partition coefficient (Wildman–Crippen LogP) is 3.74. The van der Waals surface area contributed by atoms with Gasteiger partial charge in [0.25, 0.3) is 0 Å². The van der Waals surface area contributed by atoms with Gasteiger partial charge in [-0.15, -0.1) is 11.3 Å². The highest BCUT2D eigenvalue weighted by Gasteiger charge is 2.36. The zero-order valence-electron chi connectivity index (χ0n) is 15.1. The summed E-state index contributed by atoms with van der Waals surface area (Å²) in [6.07, 6.45) is -2.77. The van der Waals surface area contributed by atoms with Gasteiger partial charge in [-0.3, -0.25) is 4.90 Å². The number of thiophene rings is 1. The summed E-state index contributed by atoms with van der Waals surface area (Å²) in [5, 5.41) is 9.98. The number of hydrogen-bond acceptors (Lipinski definition) is 5. The molecule has 10 heteroatoms. The Balaban J connectivity index is 1.65. The summed E-state index contributed by atoms with van der Waals surface area (Å²) in [4.78, 5) is 2.74. The van der Waals surface area contributed by atoms with E-state index in [1.54, 1.807) is 11.3 Å². The first-order chi connectivity index (χ1) is 13.1. The summed E-state index contributed by atoms with van der Waals surface area (Å²) in [6.45, 7) is 3.28. The zero-order valence-corrected chi connectivity index (χ0v) is 16.7. The molecule has 1 fully saturated rings. The van der Waals surface area contributed by atoms with E-state index in [9.17, 15) is 21.6 Å². The van der Waals surface area contributed by atoms with E-state index in [2.05, 4.69) is 16.3 Å². The number of piperidine rings is 1. The van der Waals surface area contributed by atoms with E-state index in [0.717, 1.165) is 44.6 Å². The van der Waals surface area contributed by atoms with Crippen LogP contribution in [0, 0.1) is 5.92 Å². The summed E-state index contributed by atoms with van der Waals surface area (Å²) in [5.41, 5.74) is -1.02. The highest BCUT2D eigenvalue weighted by atomic mass is 32.2. The normalized spacial score (nSPS) is 18.9. The molecule has 28 heavy (non-hydrogen) atoms. The first-order valence-electron chi connectivity index (χ1n) is 8.85. The molecule has 2 aromatic rings. The van der Waals surface area contributed by atoms with Crippen molar-refractivity contribution in [3.8, 4) is 0 Å². The van der Waals surface area contributed by atoms with Crippen LogP contribution in [0.4, 0.5) is 18.9 Å². The van der Waals surface area contributed by atoms with Crippen LogP contribution >= 0.6 is 11.3 Å². The molecular formula is C18H22F3N3O2S2. The molecule has 1 saturated heterocycles. The summed E-state index contributed by atoms with van der Waals surface area (Å²) in [5.74, 6) is 0.306. The largest absolute Gasteiger partial charge is 0.417 e. The van der Waals surface area contributed by atoms with Crippen molar-refractivity contribution >= 4 is 27.0 Å². The van der Waals surface area contributed by atoms with Crippen molar-refractivity contribution in [1.82, 2.24) is 4.90 Å². The lowest BCUT2D eigenvalue weighted by Gasteiger charge is -2.32. The number of nitrogens with one attached hydrogen (secondary N) is 1. The number of sulfonamides is 1. The van der Waals surface area contributed by atoms with Gasteiger partial charge in [0.1, 0.15) is 0 Å². The van der Waals surface area contributed by atoms with Gasteiger partial charge < -0.3 is 5.32 Å². The second-order valence-electron chi connectivity index (χ2n) is 6.96. The smallest absolute Gasteiger partial charge is 0.385 e. The third kappa shape index (κ3) is 5.47. The number of benzene rings is 1. The molecule has 0 spiro atoms. The highest BCUT2D eigenvalue weighted by molar-refractivity contribution is 7.89. The predicted molar refractivity (Wildman–Crippen MR) is 104 cm³/mol. The van der Waals surface area contributed by atoms with Gasteiger partial charge in [-0.25, -0.2) is 13.6 Å². The van der Waals surface area contributed by atoms with E-state index in [1.807, 2.05) is 11.4 Å². The standard InChI is InChI=1S/C18H22F3N3O2S2/c19-18(20,21)16-9-14(5-6-17(16)28(22,25)26)23-10-13-3-1-7-24(11-13)12-15-4-2-8-27-15/h2,4-6,8-9,13,23H,1,3,7,10-12H2,(H2,22,25,26). The third-order valence-corrected chi connectivity index (χ3v) is 6.58. The molecule has 1 unspecified atom stereocenters. The van der Waals surface area contributed by atoms with Crippen LogP contribution in [0.3, 0.4) is 0 Å². The van der Waals surface area contributed by atoms with Crippen LogP contribution in [0.25, 0.3) is 0 Å². The number of halogens is 3. The Morgan fingerprint density at radius 1 is 1.29 bits per heavy atom. The quantitative estimate of drug-likeness (QED) is 0.728. The number of nitrogens with two attached hydrogens (primary N) is 1. The highest BCUT2D eigenvalue weighted by Crippen LogP contribution is 2.35. The maximum Gasteiger partial charge on any atom is 0.417 e. The number of alkyl halides is 3. The van der Waals surface area contributed by atoms with Gasteiger partial charge in [-0.05, 0) is 54.9 Å². The van der Waals surface area contributed by atoms with Gasteiger partial charge in [0, 0.05) is 30.2 Å². The molecule has 154 valence electrons. The lowest BCUT2D eigenvalue weighted by molar-refractivity contribution is -0.139. The van der Waals surface area contributed by atoms with Gasteiger partial charge in [-0.1, -0.05) is 6.07 Å². The number of primary sulfonamides is 1. The maximum atomic E-state index is 13.2. The summed E-state index contributed by atoms with van der Waals surface area (Å²) < 4.78 is 62.6. The second kappa shape index (κ2) is 8.40. The minimum Gasteiger partial charge on any atom is -0.385 e. The summed E-state index contributed by atoms with van der Waals surface area (Å²) >= 11 is 1.71. The number of hydrogen-bond donors (Lipinski definition) is 2. The number of nitrogens with zero attached hydrogens (tertiary/aromatic N) is 1. The monoisotopic (exact) mass is 433 g/mol. The zero-order chi connectivity index (χ0) is 20.4. The van der Waals surface area contributed by atoms with Crippen LogP contribution in [0.1, 0.15) is 23.3 Å². The van der Waals surface area contributed by atoms with Crippen LogP contribution in [-0.4, -0.2) is 33.0 Å². The Morgan fingerprint density at radius 3 is 2.71 bits per heavy atom. The fourth-order valence-electron chi connectivity index (χ4n) is 3.46. The van der Waals surface area contributed by atoms with Crippen LogP contribution in [0.5, 0.6) is 0 Å². The molecular weight excluding hydrogens is 411 g/mol. The van der Waals surface area contributed by atoms with Gasteiger partial charge in [0.2, 0.25) is 10.0 Å². The van der Waals surface area contributed by atoms with Crippen LogP contribution in [0.2, 0.25) is 0 Å². The van der Waals surface area contributed by atoms with Crippen molar-refractivity contribution in [2.75, 3.05) is 25.0 Å². The van der Waals surface area contributed by atoms with E-state index < -0.39 is 26.7 Å². The Labute approximate surface area is 166 Å². The lowest BCUT2D eigenvalue weighted by Crippen LogP contribution is -2.37. The number of likely N-dealkylation sites (tertiary alicyclic amines) is 1. The summed E-state index contributed by atoms with van der Waals surface area (Å²) in [6, 6.07) is 7.16. The minimum atomic E-state index is -4.80. The van der Waals surface area contributed by atoms with Gasteiger partial charge in [-0.2, -0.15) is 13.2 Å². The third-order valence-electron chi connectivity index (χ3n) is 4.75. The summed E-state index contributed by atoms with van der Waals surface area (Å²) in [7, 11) is -4.45. The molecule has 0 amide bonds. The van der Waals surface area contributed by atoms with E-state index in [4.69, 9.17) is 5.14 Å². The van der Waals surface area contributed by atoms with Crippen LogP contribution in [-0.2, 0) is 22.7 Å². The maximum absolute atomic E-state index is 13.2. The fourth-order valence-corrected chi connectivity index (χ4v) is 4.94. The van der Waals surface area contributed by atoms with Gasteiger partial charge in [0.15, 0.2) is 0 Å². The molecule has 1 aliphatic rings. The molecule has 1 aromatic heterocycles. The first kappa shape index (κ1) is 21.1. The molecule has 2 heterocycles. The average molecular weight is 434 g/mol. The van der Waals surface area contributed by atoms with E-state index in [1.165, 1.54) is 10.9 Å². The van der Waals surface area contributed by atoms with Crippen LogP contribution in [0.15, 0.2) is 40.6 Å². The topological polar surface area (TPSA) is 75.4 Å². The van der Waals surface area contributed by atoms with Crippen molar-refractivity contribution < 1.29 is 21.6 Å². The van der Waals surface area contributed by atoms with E-state index >= 15 is 0 Å². The Hall–Kier alpha value is -1.62. The first-order valence-corrected chi connectivity index (χ1v) is 11.3. The molecule has 0 aliphatic carbocycles. The molecule has 3 rings (SSSR count). The molecule has 1 aromatic carbocycles. The molecule has 0 saturated carbocycles. The Bertz CT molecular complexity index is 899. The molecule has 1 aliphatic heterocycles. The van der Waals surface area contributed by atoms with Crippen molar-refractivity contribution in [2.24, 2.45) is 11.1 Å². The van der Waals surface area contributed by atoms with Crippen molar-refractivity contribution in [2.45, 2.75) is 30.5 Å². The molecule has 0 bridgehead atoms. The van der Waals surface area contributed by atoms with Gasteiger partial charge in [0.05, 0.1) is 10.5 Å². The van der Waals surface area contributed by atoms with Crippen molar-refractivity contribution in [3.05, 3.63) is 46.2 Å². The van der Waals surface area contributed by atoms with Crippen LogP contribution < -0.4 is 10.5 Å².